The molecule has 0 fully saturated rings. The van der Waals surface area contributed by atoms with E-state index < -0.39 is 0 Å². The molecule has 1 amide bonds. The number of carbonyl (C=O) groups is 1. The largest absolute Gasteiger partial charge is 0.324 e. The van der Waals surface area contributed by atoms with E-state index in [1.54, 1.807) is 12.1 Å². The first kappa shape index (κ1) is 17.9. The third kappa shape index (κ3) is 4.18. The van der Waals surface area contributed by atoms with Crippen molar-refractivity contribution in [1.82, 2.24) is 9.97 Å². The summed E-state index contributed by atoms with van der Waals surface area (Å²) >= 11 is 6.06. The van der Waals surface area contributed by atoms with Gasteiger partial charge in [0.15, 0.2) is 0 Å². The Bertz CT molecular complexity index is 972. The monoisotopic (exact) mass is 366 g/mol. The molecule has 26 heavy (non-hydrogen) atoms. The van der Waals surface area contributed by atoms with Gasteiger partial charge in [0.25, 0.3) is 5.91 Å². The van der Waals surface area contributed by atoms with Crippen molar-refractivity contribution in [3.8, 4) is 0 Å². The summed E-state index contributed by atoms with van der Waals surface area (Å²) < 4.78 is 0. The van der Waals surface area contributed by atoms with Crippen LogP contribution in [0.5, 0.6) is 0 Å². The fourth-order valence-electron chi connectivity index (χ4n) is 2.49. The van der Waals surface area contributed by atoms with E-state index in [0.717, 1.165) is 22.5 Å². The Morgan fingerprint density at radius 1 is 0.923 bits per heavy atom. The molecular weight excluding hydrogens is 348 g/mol. The van der Waals surface area contributed by atoms with Crippen molar-refractivity contribution in [3.05, 3.63) is 76.1 Å². The minimum absolute atomic E-state index is 0.282. The molecule has 132 valence electrons. The van der Waals surface area contributed by atoms with Gasteiger partial charge in [0.05, 0.1) is 0 Å². The number of nitrogens with one attached hydrogen (secondary N) is 2. The number of rotatable bonds is 4. The fraction of sp³-hybridized carbons (Fsp3) is 0.150. The molecule has 0 saturated heterocycles. The van der Waals surface area contributed by atoms with E-state index in [1.807, 2.05) is 57.2 Å². The zero-order chi connectivity index (χ0) is 18.7. The van der Waals surface area contributed by atoms with Crippen LogP contribution in [0.1, 0.15) is 27.3 Å². The quantitative estimate of drug-likeness (QED) is 0.678. The average Bonchev–Trinajstić information content (AvgIpc) is 2.59. The van der Waals surface area contributed by atoms with Crippen LogP contribution in [0.25, 0.3) is 0 Å². The van der Waals surface area contributed by atoms with Crippen LogP contribution in [-0.2, 0) is 0 Å². The number of aryl methyl sites for hydroxylation is 3. The van der Waals surface area contributed by atoms with Gasteiger partial charge >= 0.3 is 0 Å². The molecule has 0 aliphatic rings. The first-order chi connectivity index (χ1) is 12.4. The highest BCUT2D eigenvalue weighted by Crippen LogP contribution is 2.23. The molecule has 0 unspecified atom stereocenters. The van der Waals surface area contributed by atoms with Crippen LogP contribution >= 0.6 is 11.6 Å². The van der Waals surface area contributed by atoms with Gasteiger partial charge < -0.3 is 10.6 Å². The molecule has 3 rings (SSSR count). The van der Waals surface area contributed by atoms with Gasteiger partial charge in [0.1, 0.15) is 5.69 Å². The average molecular weight is 367 g/mol. The Morgan fingerprint density at radius 2 is 1.65 bits per heavy atom. The van der Waals surface area contributed by atoms with Gasteiger partial charge in [-0.15, -0.1) is 0 Å². The molecule has 3 aromatic rings. The highest BCUT2D eigenvalue weighted by atomic mass is 35.5. The number of nitrogens with zero attached hydrogens (tertiary/aromatic N) is 2. The molecule has 2 N–H and O–H groups in total. The van der Waals surface area contributed by atoms with Gasteiger partial charge in [-0.3, -0.25) is 4.79 Å². The summed E-state index contributed by atoms with van der Waals surface area (Å²) in [5.41, 5.74) is 4.53. The second kappa shape index (κ2) is 7.54. The zero-order valence-electron chi connectivity index (χ0n) is 14.8. The lowest BCUT2D eigenvalue weighted by atomic mass is 10.2. The molecule has 1 aromatic heterocycles. The third-order valence-corrected chi connectivity index (χ3v) is 4.16. The van der Waals surface area contributed by atoms with E-state index in [-0.39, 0.29) is 5.91 Å². The summed E-state index contributed by atoms with van der Waals surface area (Å²) in [5, 5.41) is 6.64. The molecule has 0 saturated carbocycles. The number of amides is 1. The number of hydrogen-bond acceptors (Lipinski definition) is 4. The molecule has 2 aromatic carbocycles. The highest BCUT2D eigenvalue weighted by Gasteiger charge is 2.12. The second-order valence-electron chi connectivity index (χ2n) is 6.07. The lowest BCUT2D eigenvalue weighted by Gasteiger charge is -2.11. The summed E-state index contributed by atoms with van der Waals surface area (Å²) in [6.45, 7) is 5.72. The molecule has 0 aliphatic heterocycles. The van der Waals surface area contributed by atoms with E-state index in [2.05, 4.69) is 20.6 Å². The first-order valence-electron chi connectivity index (χ1n) is 8.18. The van der Waals surface area contributed by atoms with Crippen LogP contribution in [0.15, 0.2) is 48.5 Å². The van der Waals surface area contributed by atoms with Crippen molar-refractivity contribution in [3.63, 3.8) is 0 Å². The van der Waals surface area contributed by atoms with E-state index in [9.17, 15) is 4.79 Å². The number of aromatic nitrogens is 2. The van der Waals surface area contributed by atoms with Crippen molar-refractivity contribution in [2.24, 2.45) is 0 Å². The molecule has 6 heteroatoms. The summed E-state index contributed by atoms with van der Waals surface area (Å²) in [6.07, 6.45) is 0. The van der Waals surface area contributed by atoms with Gasteiger partial charge in [-0.1, -0.05) is 35.9 Å². The molecule has 0 radical (unpaired) electrons. The van der Waals surface area contributed by atoms with Crippen molar-refractivity contribution < 1.29 is 4.79 Å². The van der Waals surface area contributed by atoms with Gasteiger partial charge in [-0.05, 0) is 56.2 Å². The SMILES string of the molecule is Cc1cc(C(=O)Nc2ccccc2C)nc(Nc2cc(Cl)ccc2C)n1. The third-order valence-electron chi connectivity index (χ3n) is 3.93. The molecule has 0 atom stereocenters. The Labute approximate surface area is 157 Å². The van der Waals surface area contributed by atoms with Crippen LogP contribution in [0.2, 0.25) is 5.02 Å². The standard InChI is InChI=1S/C20H19ClN4O/c1-12-6-4-5-7-16(12)23-19(26)18-10-14(3)22-20(25-18)24-17-11-15(21)9-8-13(17)2/h4-11H,1-3H3,(H,23,26)(H,22,24,25). The normalized spacial score (nSPS) is 10.5. The van der Waals surface area contributed by atoms with Crippen molar-refractivity contribution in [2.45, 2.75) is 20.8 Å². The first-order valence-corrected chi connectivity index (χ1v) is 8.56. The van der Waals surface area contributed by atoms with E-state index in [4.69, 9.17) is 11.6 Å². The summed E-state index contributed by atoms with van der Waals surface area (Å²) in [6, 6.07) is 14.8. The van der Waals surface area contributed by atoms with Crippen LogP contribution < -0.4 is 10.6 Å². The molecule has 0 spiro atoms. The fourth-order valence-corrected chi connectivity index (χ4v) is 2.66. The molecule has 5 nitrogen and oxygen atoms in total. The van der Waals surface area contributed by atoms with Crippen LogP contribution in [0.4, 0.5) is 17.3 Å². The predicted octanol–water partition coefficient (Wildman–Crippen LogP) is 5.05. The predicted molar refractivity (Wildman–Crippen MR) is 105 cm³/mol. The Kier molecular flexibility index (Phi) is 5.19. The van der Waals surface area contributed by atoms with Gasteiger partial charge in [0.2, 0.25) is 5.95 Å². The molecule has 1 heterocycles. The maximum absolute atomic E-state index is 12.6. The summed E-state index contributed by atoms with van der Waals surface area (Å²) in [4.78, 5) is 21.3. The minimum atomic E-state index is -0.282. The van der Waals surface area contributed by atoms with Crippen LogP contribution in [-0.4, -0.2) is 15.9 Å². The maximum atomic E-state index is 12.6. The molecule has 0 bridgehead atoms. The summed E-state index contributed by atoms with van der Waals surface area (Å²) in [7, 11) is 0. The number of halogens is 1. The van der Waals surface area contributed by atoms with Crippen LogP contribution in [0, 0.1) is 20.8 Å². The number of carbonyl (C=O) groups excluding carboxylic acids is 1. The zero-order valence-corrected chi connectivity index (χ0v) is 15.6. The number of benzene rings is 2. The van der Waals surface area contributed by atoms with Crippen molar-refractivity contribution in [1.29, 1.82) is 0 Å². The van der Waals surface area contributed by atoms with Crippen molar-refractivity contribution in [2.75, 3.05) is 10.6 Å². The van der Waals surface area contributed by atoms with Crippen LogP contribution in [0.3, 0.4) is 0 Å². The Balaban J connectivity index is 1.86. The lowest BCUT2D eigenvalue weighted by Crippen LogP contribution is -2.16. The minimum Gasteiger partial charge on any atom is -0.324 e. The highest BCUT2D eigenvalue weighted by molar-refractivity contribution is 6.30. The van der Waals surface area contributed by atoms with E-state index in [1.165, 1.54) is 0 Å². The smallest absolute Gasteiger partial charge is 0.274 e. The molecular formula is C20H19ClN4O. The number of para-hydroxylation sites is 1. The maximum Gasteiger partial charge on any atom is 0.274 e. The number of hydrogen-bond donors (Lipinski definition) is 2. The number of anilines is 3. The van der Waals surface area contributed by atoms with E-state index >= 15 is 0 Å². The summed E-state index contributed by atoms with van der Waals surface area (Å²) in [5.74, 6) is 0.0703. The molecule has 0 aliphatic carbocycles. The van der Waals surface area contributed by atoms with Gasteiger partial charge in [0, 0.05) is 22.1 Å². The van der Waals surface area contributed by atoms with Gasteiger partial charge in [-0.2, -0.15) is 0 Å². The van der Waals surface area contributed by atoms with E-state index in [0.29, 0.717) is 22.4 Å². The topological polar surface area (TPSA) is 66.9 Å². The Hall–Kier alpha value is -2.92. The lowest BCUT2D eigenvalue weighted by molar-refractivity contribution is 0.102. The second-order valence-corrected chi connectivity index (χ2v) is 6.51. The van der Waals surface area contributed by atoms with Crippen molar-refractivity contribution >= 4 is 34.8 Å². The Morgan fingerprint density at radius 3 is 2.42 bits per heavy atom. The van der Waals surface area contributed by atoms with Gasteiger partial charge in [-0.25, -0.2) is 9.97 Å².